The normalized spacial score (nSPS) is 17.9. The third kappa shape index (κ3) is 3.73. The van der Waals surface area contributed by atoms with Crippen LogP contribution in [0.4, 0.5) is 0 Å². The van der Waals surface area contributed by atoms with E-state index in [1.165, 1.54) is 4.80 Å². The highest BCUT2D eigenvalue weighted by Gasteiger charge is 2.44. The van der Waals surface area contributed by atoms with Crippen LogP contribution in [0.5, 0.6) is 5.75 Å². The minimum Gasteiger partial charge on any atom is -0.497 e. The Morgan fingerprint density at radius 1 is 1.21 bits per heavy atom. The molecule has 3 heterocycles. The summed E-state index contributed by atoms with van der Waals surface area (Å²) in [5.41, 5.74) is 3.14. The van der Waals surface area contributed by atoms with Crippen LogP contribution < -0.4 is 4.74 Å². The number of likely N-dealkylation sites (tertiary alicyclic amines) is 1. The summed E-state index contributed by atoms with van der Waals surface area (Å²) >= 11 is 6.30. The van der Waals surface area contributed by atoms with E-state index in [4.69, 9.17) is 21.3 Å². The molecule has 4 aromatic rings. The Bertz CT molecular complexity index is 1320. The fourth-order valence-corrected chi connectivity index (χ4v) is 4.60. The number of amides is 1. The van der Waals surface area contributed by atoms with E-state index in [1.807, 2.05) is 24.0 Å². The minimum absolute atomic E-state index is 0. The number of nitrogens with one attached hydrogen (secondary N) is 1. The Morgan fingerprint density at radius 3 is 2.70 bits per heavy atom. The number of rotatable bonds is 4. The maximum Gasteiger partial charge on any atom is 0.257 e. The third-order valence-electron chi connectivity index (χ3n) is 6.31. The summed E-state index contributed by atoms with van der Waals surface area (Å²) in [6.07, 6.45) is 4.84. The summed E-state index contributed by atoms with van der Waals surface area (Å²) < 4.78 is 5.39. The van der Waals surface area contributed by atoms with Gasteiger partial charge >= 0.3 is 0 Å². The topological polar surface area (TPSA) is 88.9 Å². The molecule has 0 aliphatic carbocycles. The first-order valence-electron chi connectivity index (χ1n) is 10.4. The summed E-state index contributed by atoms with van der Waals surface area (Å²) in [5, 5.41) is 9.11. The average Bonchev–Trinajstić information content (AvgIpc) is 3.55. The number of halogens is 2. The first-order chi connectivity index (χ1) is 15.4. The molecule has 0 spiro atoms. The van der Waals surface area contributed by atoms with E-state index < -0.39 is 5.54 Å². The van der Waals surface area contributed by atoms with Crippen molar-refractivity contribution in [3.05, 3.63) is 64.7 Å². The lowest BCUT2D eigenvalue weighted by molar-refractivity contribution is 0.0605. The zero-order valence-corrected chi connectivity index (χ0v) is 20.1. The maximum atomic E-state index is 13.9. The van der Waals surface area contributed by atoms with Crippen molar-refractivity contribution in [2.75, 3.05) is 13.7 Å². The highest BCUT2D eigenvalue weighted by molar-refractivity contribution is 6.32. The van der Waals surface area contributed by atoms with Gasteiger partial charge in [0.15, 0.2) is 0 Å². The number of H-pyrrole nitrogens is 1. The van der Waals surface area contributed by atoms with Crippen molar-refractivity contribution in [2.24, 2.45) is 0 Å². The molecule has 1 saturated heterocycles. The molecule has 1 fully saturated rings. The zero-order valence-electron chi connectivity index (χ0n) is 18.5. The van der Waals surface area contributed by atoms with Crippen LogP contribution in [0.15, 0.2) is 42.7 Å². The maximum absolute atomic E-state index is 13.9. The molecule has 33 heavy (non-hydrogen) atoms. The standard InChI is InChI=1S/C23H23ClN6O2.ClH/c1-14-17(24)6-7-18-20(14)28-22(27-18)23(2)9-4-12-29(23)21(31)16-13-15(32-3)5-8-19(16)30-25-10-11-26-30;/h5-8,10-11,13H,4,9,12H2,1-3H3,(H,27,28);1H/t23-;/m0./s1. The van der Waals surface area contributed by atoms with Crippen LogP contribution in [0.3, 0.4) is 0 Å². The van der Waals surface area contributed by atoms with Gasteiger partial charge in [-0.1, -0.05) is 11.6 Å². The quantitative estimate of drug-likeness (QED) is 0.451. The largest absolute Gasteiger partial charge is 0.497 e. The van der Waals surface area contributed by atoms with Crippen molar-refractivity contribution in [3.63, 3.8) is 0 Å². The van der Waals surface area contributed by atoms with Gasteiger partial charge in [-0.25, -0.2) is 4.98 Å². The fourth-order valence-electron chi connectivity index (χ4n) is 4.45. The SMILES string of the molecule is COc1ccc(-n2nccn2)c(C(=O)N2CCC[C@@]2(C)c2nc3c(C)c(Cl)ccc3[nH]2)c1.Cl. The van der Waals surface area contributed by atoms with Gasteiger partial charge < -0.3 is 14.6 Å². The van der Waals surface area contributed by atoms with E-state index in [-0.39, 0.29) is 18.3 Å². The molecular formula is C23H24Cl2N6O2. The lowest BCUT2D eigenvalue weighted by atomic mass is 9.97. The van der Waals surface area contributed by atoms with Crippen LogP contribution in [0.2, 0.25) is 5.02 Å². The van der Waals surface area contributed by atoms with Gasteiger partial charge in [0, 0.05) is 11.6 Å². The number of carbonyl (C=O) groups excluding carboxylic acids is 1. The lowest BCUT2D eigenvalue weighted by Gasteiger charge is -2.34. The first-order valence-corrected chi connectivity index (χ1v) is 10.8. The fraction of sp³-hybridized carbons (Fsp3) is 0.304. The number of hydrogen-bond donors (Lipinski definition) is 1. The van der Waals surface area contributed by atoms with E-state index in [2.05, 4.69) is 22.1 Å². The molecule has 0 radical (unpaired) electrons. The Hall–Kier alpha value is -3.10. The molecule has 0 unspecified atom stereocenters. The number of hydrogen-bond acceptors (Lipinski definition) is 5. The number of imidazole rings is 1. The second-order valence-corrected chi connectivity index (χ2v) is 8.60. The molecule has 1 aliphatic heterocycles. The number of fused-ring (bicyclic) bond motifs is 1. The molecule has 172 valence electrons. The summed E-state index contributed by atoms with van der Waals surface area (Å²) in [6.45, 7) is 4.63. The highest BCUT2D eigenvalue weighted by Crippen LogP contribution is 2.40. The molecule has 0 saturated carbocycles. The average molecular weight is 487 g/mol. The molecule has 10 heteroatoms. The summed E-state index contributed by atoms with van der Waals surface area (Å²) in [4.78, 5) is 25.5. The van der Waals surface area contributed by atoms with Crippen LogP contribution >= 0.6 is 24.0 Å². The van der Waals surface area contributed by atoms with Crippen LogP contribution in [0, 0.1) is 6.92 Å². The molecular weight excluding hydrogens is 463 g/mol. The summed E-state index contributed by atoms with van der Waals surface area (Å²) in [5.74, 6) is 1.23. The van der Waals surface area contributed by atoms with Crippen molar-refractivity contribution in [3.8, 4) is 11.4 Å². The Balaban J connectivity index is 0.00000259. The molecule has 1 aliphatic rings. The van der Waals surface area contributed by atoms with Gasteiger partial charge in [-0.2, -0.15) is 15.0 Å². The molecule has 0 bridgehead atoms. The highest BCUT2D eigenvalue weighted by atomic mass is 35.5. The smallest absolute Gasteiger partial charge is 0.257 e. The number of aromatic amines is 1. The van der Waals surface area contributed by atoms with E-state index in [0.29, 0.717) is 28.6 Å². The van der Waals surface area contributed by atoms with E-state index >= 15 is 0 Å². The van der Waals surface area contributed by atoms with Crippen molar-refractivity contribution < 1.29 is 9.53 Å². The second kappa shape index (κ2) is 8.68. The Morgan fingerprint density at radius 2 is 1.97 bits per heavy atom. The molecule has 1 amide bonds. The molecule has 1 atom stereocenters. The zero-order chi connectivity index (χ0) is 22.5. The molecule has 1 N–H and O–H groups in total. The number of ether oxygens (including phenoxy) is 1. The van der Waals surface area contributed by atoms with Crippen molar-refractivity contribution >= 4 is 40.9 Å². The lowest BCUT2D eigenvalue weighted by Crippen LogP contribution is -2.44. The summed E-state index contributed by atoms with van der Waals surface area (Å²) in [7, 11) is 1.58. The van der Waals surface area contributed by atoms with E-state index in [1.54, 1.807) is 37.7 Å². The number of benzene rings is 2. The van der Waals surface area contributed by atoms with E-state index in [9.17, 15) is 4.79 Å². The number of nitrogens with zero attached hydrogens (tertiary/aromatic N) is 5. The predicted molar refractivity (Wildman–Crippen MR) is 129 cm³/mol. The molecule has 8 nitrogen and oxygen atoms in total. The van der Waals surface area contributed by atoms with Crippen LogP contribution in [0.1, 0.15) is 41.5 Å². The molecule has 5 rings (SSSR count). The summed E-state index contributed by atoms with van der Waals surface area (Å²) in [6, 6.07) is 9.12. The van der Waals surface area contributed by atoms with Crippen molar-refractivity contribution in [2.45, 2.75) is 32.2 Å². The number of aromatic nitrogens is 5. The van der Waals surface area contributed by atoms with Gasteiger partial charge in [0.25, 0.3) is 5.91 Å². The van der Waals surface area contributed by atoms with Gasteiger partial charge in [-0.05, 0) is 62.6 Å². The van der Waals surface area contributed by atoms with Gasteiger partial charge in [-0.3, -0.25) is 4.79 Å². The number of aryl methyl sites for hydroxylation is 1. The van der Waals surface area contributed by atoms with Crippen LogP contribution in [0.25, 0.3) is 16.7 Å². The Labute approximate surface area is 202 Å². The van der Waals surface area contributed by atoms with Crippen LogP contribution in [-0.4, -0.2) is 49.4 Å². The molecule has 2 aromatic heterocycles. The van der Waals surface area contributed by atoms with E-state index in [0.717, 1.165) is 35.3 Å². The number of carbonyl (C=O) groups is 1. The molecule has 2 aromatic carbocycles. The second-order valence-electron chi connectivity index (χ2n) is 8.19. The predicted octanol–water partition coefficient (Wildman–Crippen LogP) is 4.69. The van der Waals surface area contributed by atoms with Gasteiger partial charge in [0.2, 0.25) is 0 Å². The minimum atomic E-state index is -0.590. The monoisotopic (exact) mass is 486 g/mol. The third-order valence-corrected chi connectivity index (χ3v) is 6.72. The van der Waals surface area contributed by atoms with Crippen LogP contribution in [-0.2, 0) is 5.54 Å². The first kappa shape index (κ1) is 23.1. The van der Waals surface area contributed by atoms with Crippen molar-refractivity contribution in [1.29, 1.82) is 0 Å². The van der Waals surface area contributed by atoms with Gasteiger partial charge in [-0.15, -0.1) is 12.4 Å². The van der Waals surface area contributed by atoms with Crippen molar-refractivity contribution in [1.82, 2.24) is 29.9 Å². The van der Waals surface area contributed by atoms with Gasteiger partial charge in [0.1, 0.15) is 11.6 Å². The number of methoxy groups -OCH3 is 1. The Kier molecular flexibility index (Phi) is 6.07. The van der Waals surface area contributed by atoms with Gasteiger partial charge in [0.05, 0.1) is 47.3 Å².